The number of aromatic nitrogens is 3. The van der Waals surface area contributed by atoms with Crippen LogP contribution in [-0.4, -0.2) is 23.2 Å². The van der Waals surface area contributed by atoms with E-state index in [0.717, 1.165) is 0 Å². The van der Waals surface area contributed by atoms with Crippen LogP contribution in [0.2, 0.25) is 5.02 Å². The Labute approximate surface area is 143 Å². The number of hydrogen-bond donors (Lipinski definition) is 1. The normalized spacial score (nSPS) is 11.0. The van der Waals surface area contributed by atoms with E-state index in [4.69, 9.17) is 16.9 Å². The van der Waals surface area contributed by atoms with E-state index in [1.807, 2.05) is 6.07 Å². The Morgan fingerprint density at radius 2 is 2.00 bits per heavy atom. The zero-order chi connectivity index (χ0) is 17.2. The largest absolute Gasteiger partial charge is 0.277 e. The fourth-order valence-corrected chi connectivity index (χ4v) is 3.51. The third-order valence-corrected chi connectivity index (χ3v) is 4.82. The molecule has 1 aromatic heterocycles. The van der Waals surface area contributed by atoms with Gasteiger partial charge in [-0.25, -0.2) is 18.1 Å². The third-order valence-electron chi connectivity index (χ3n) is 3.17. The van der Waals surface area contributed by atoms with Gasteiger partial charge in [-0.15, -0.1) is 0 Å². The highest BCUT2D eigenvalue weighted by molar-refractivity contribution is 7.92. The van der Waals surface area contributed by atoms with Crippen LogP contribution in [0.25, 0.3) is 5.69 Å². The van der Waals surface area contributed by atoms with Crippen molar-refractivity contribution < 1.29 is 8.42 Å². The van der Waals surface area contributed by atoms with Gasteiger partial charge in [-0.05, 0) is 30.3 Å². The minimum absolute atomic E-state index is 0.0503. The van der Waals surface area contributed by atoms with Gasteiger partial charge in [0.2, 0.25) is 0 Å². The van der Waals surface area contributed by atoms with Crippen LogP contribution in [0.5, 0.6) is 0 Å². The van der Waals surface area contributed by atoms with Gasteiger partial charge in [-0.1, -0.05) is 23.7 Å². The number of halogens is 1. The Balaban J connectivity index is 2.08. The first-order chi connectivity index (χ1) is 11.5. The summed E-state index contributed by atoms with van der Waals surface area (Å²) in [5.74, 6) is 0. The third kappa shape index (κ3) is 3.08. The molecule has 0 bridgehead atoms. The number of sulfonamides is 1. The first-order valence-corrected chi connectivity index (χ1v) is 8.54. The van der Waals surface area contributed by atoms with Gasteiger partial charge in [0.05, 0.1) is 16.9 Å². The molecule has 120 valence electrons. The van der Waals surface area contributed by atoms with E-state index in [1.165, 1.54) is 35.5 Å². The number of hydrogen-bond acceptors (Lipinski definition) is 5. The van der Waals surface area contributed by atoms with Crippen molar-refractivity contribution >= 4 is 27.3 Å². The van der Waals surface area contributed by atoms with Crippen LogP contribution in [0.15, 0.2) is 60.0 Å². The number of anilines is 1. The Bertz CT molecular complexity index is 1030. The summed E-state index contributed by atoms with van der Waals surface area (Å²) in [7, 11) is -3.98. The maximum Gasteiger partial charge on any atom is 0.263 e. The number of nitriles is 1. The van der Waals surface area contributed by atoms with Crippen molar-refractivity contribution in [2.75, 3.05) is 4.72 Å². The van der Waals surface area contributed by atoms with Crippen LogP contribution in [0.4, 0.5) is 5.69 Å². The van der Waals surface area contributed by atoms with Crippen molar-refractivity contribution in [1.82, 2.24) is 14.8 Å². The second-order valence-corrected chi connectivity index (χ2v) is 6.80. The molecule has 0 radical (unpaired) electrons. The van der Waals surface area contributed by atoms with E-state index in [-0.39, 0.29) is 16.1 Å². The highest BCUT2D eigenvalue weighted by Gasteiger charge is 2.20. The molecule has 9 heteroatoms. The van der Waals surface area contributed by atoms with Crippen LogP contribution in [0, 0.1) is 11.3 Å². The molecule has 1 heterocycles. The number of nitrogens with one attached hydrogen (secondary N) is 1. The average molecular weight is 360 g/mol. The lowest BCUT2D eigenvalue weighted by Crippen LogP contribution is -2.16. The van der Waals surface area contributed by atoms with Gasteiger partial charge in [0.1, 0.15) is 23.6 Å². The van der Waals surface area contributed by atoms with Crippen molar-refractivity contribution in [3.63, 3.8) is 0 Å². The molecule has 2 aromatic carbocycles. The molecule has 0 aliphatic heterocycles. The predicted molar refractivity (Wildman–Crippen MR) is 88.3 cm³/mol. The van der Waals surface area contributed by atoms with Crippen molar-refractivity contribution in [3.8, 4) is 11.8 Å². The first-order valence-electron chi connectivity index (χ1n) is 6.68. The molecule has 24 heavy (non-hydrogen) atoms. The minimum Gasteiger partial charge on any atom is -0.277 e. The molecule has 0 spiro atoms. The Morgan fingerprint density at radius 1 is 1.21 bits per heavy atom. The maximum absolute atomic E-state index is 12.7. The van der Waals surface area contributed by atoms with Crippen LogP contribution in [0.1, 0.15) is 5.56 Å². The average Bonchev–Trinajstić information content (AvgIpc) is 3.09. The quantitative estimate of drug-likeness (QED) is 0.771. The summed E-state index contributed by atoms with van der Waals surface area (Å²) < 4.78 is 29.2. The Morgan fingerprint density at radius 3 is 2.71 bits per heavy atom. The van der Waals surface area contributed by atoms with E-state index in [2.05, 4.69) is 14.8 Å². The minimum atomic E-state index is -3.98. The highest BCUT2D eigenvalue weighted by Crippen LogP contribution is 2.27. The molecular weight excluding hydrogens is 350 g/mol. The van der Waals surface area contributed by atoms with E-state index in [1.54, 1.807) is 24.3 Å². The first kappa shape index (κ1) is 16.0. The lowest BCUT2D eigenvalue weighted by atomic mass is 10.2. The van der Waals surface area contributed by atoms with E-state index in [9.17, 15) is 8.42 Å². The molecule has 3 rings (SSSR count). The fourth-order valence-electron chi connectivity index (χ4n) is 2.12. The summed E-state index contributed by atoms with van der Waals surface area (Å²) in [5.41, 5.74) is 0.727. The lowest BCUT2D eigenvalue weighted by Gasteiger charge is -2.13. The monoisotopic (exact) mass is 359 g/mol. The number of rotatable bonds is 4. The zero-order valence-corrected chi connectivity index (χ0v) is 13.7. The fraction of sp³-hybridized carbons (Fsp3) is 0. The Kier molecular flexibility index (Phi) is 4.20. The number of nitrogens with zero attached hydrogens (tertiary/aromatic N) is 4. The molecule has 0 saturated heterocycles. The van der Waals surface area contributed by atoms with Crippen molar-refractivity contribution in [3.05, 3.63) is 65.7 Å². The molecular formula is C15H10ClN5O2S. The second kappa shape index (κ2) is 6.31. The molecule has 0 aliphatic carbocycles. The highest BCUT2D eigenvalue weighted by atomic mass is 35.5. The Hall–Kier alpha value is -2.89. The maximum atomic E-state index is 12.7. The standard InChI is InChI=1S/C15H10ClN5O2S/c16-12-5-6-14(21-10-18-9-19-21)13(7-12)20-24(22,23)15-4-2-1-3-11(15)8-17/h1-7,9-10,20H. The van der Waals surface area contributed by atoms with Crippen LogP contribution in [-0.2, 0) is 10.0 Å². The molecule has 0 aliphatic rings. The summed E-state index contributed by atoms with van der Waals surface area (Å²) in [5, 5.41) is 13.5. The molecule has 1 N–H and O–H groups in total. The topological polar surface area (TPSA) is 101 Å². The molecule has 0 atom stereocenters. The molecule has 0 fully saturated rings. The van der Waals surface area contributed by atoms with Crippen LogP contribution < -0.4 is 4.72 Å². The van der Waals surface area contributed by atoms with Crippen LogP contribution >= 0.6 is 11.6 Å². The van der Waals surface area contributed by atoms with Gasteiger partial charge in [0.15, 0.2) is 0 Å². The van der Waals surface area contributed by atoms with Crippen molar-refractivity contribution in [2.45, 2.75) is 4.90 Å². The summed E-state index contributed by atoms with van der Waals surface area (Å²) >= 11 is 5.98. The van der Waals surface area contributed by atoms with Crippen LogP contribution in [0.3, 0.4) is 0 Å². The zero-order valence-electron chi connectivity index (χ0n) is 12.1. The van der Waals surface area contributed by atoms with E-state index in [0.29, 0.717) is 10.7 Å². The summed E-state index contributed by atoms with van der Waals surface area (Å²) in [6.45, 7) is 0. The molecule has 3 aromatic rings. The van der Waals surface area contributed by atoms with E-state index >= 15 is 0 Å². The summed E-state index contributed by atoms with van der Waals surface area (Å²) in [4.78, 5) is 3.73. The van der Waals surface area contributed by atoms with Gasteiger partial charge in [-0.2, -0.15) is 10.4 Å². The SMILES string of the molecule is N#Cc1ccccc1S(=O)(=O)Nc1cc(Cl)ccc1-n1cncn1. The molecule has 7 nitrogen and oxygen atoms in total. The molecule has 0 amide bonds. The van der Waals surface area contributed by atoms with E-state index < -0.39 is 10.0 Å². The summed E-state index contributed by atoms with van der Waals surface area (Å²) in [6.07, 6.45) is 2.77. The van der Waals surface area contributed by atoms with Gasteiger partial charge in [0.25, 0.3) is 10.0 Å². The van der Waals surface area contributed by atoms with Crippen molar-refractivity contribution in [1.29, 1.82) is 5.26 Å². The predicted octanol–water partition coefficient (Wildman–Crippen LogP) is 2.59. The number of benzene rings is 2. The van der Waals surface area contributed by atoms with Gasteiger partial charge in [-0.3, -0.25) is 4.72 Å². The summed E-state index contributed by atoms with van der Waals surface area (Å²) in [6, 6.07) is 12.5. The van der Waals surface area contributed by atoms with Gasteiger partial charge < -0.3 is 0 Å². The molecule has 0 unspecified atom stereocenters. The molecule has 0 saturated carbocycles. The van der Waals surface area contributed by atoms with Crippen molar-refractivity contribution in [2.24, 2.45) is 0 Å². The van der Waals surface area contributed by atoms with Gasteiger partial charge >= 0.3 is 0 Å². The lowest BCUT2D eigenvalue weighted by molar-refractivity contribution is 0.601. The van der Waals surface area contributed by atoms with Gasteiger partial charge in [0, 0.05) is 5.02 Å². The second-order valence-electron chi connectivity index (χ2n) is 4.71. The smallest absolute Gasteiger partial charge is 0.263 e.